The summed E-state index contributed by atoms with van der Waals surface area (Å²) >= 11 is 3.35. The van der Waals surface area contributed by atoms with Crippen LogP contribution in [-0.4, -0.2) is 36.4 Å². The molecule has 10 heteroatoms. The number of hydrogen-bond acceptors (Lipinski definition) is 5. The molecule has 2 heterocycles. The van der Waals surface area contributed by atoms with Crippen molar-refractivity contribution in [1.29, 1.82) is 0 Å². The van der Waals surface area contributed by atoms with Gasteiger partial charge in [-0.3, -0.25) is 14.3 Å². The predicted molar refractivity (Wildman–Crippen MR) is 108 cm³/mol. The first kappa shape index (κ1) is 18.8. The summed E-state index contributed by atoms with van der Waals surface area (Å²) in [7, 11) is 0. The molecule has 29 heavy (non-hydrogen) atoms. The summed E-state index contributed by atoms with van der Waals surface area (Å²) in [4.78, 5) is 29.6. The molecule has 2 atom stereocenters. The molecule has 4 aliphatic carbocycles. The highest BCUT2D eigenvalue weighted by Crippen LogP contribution is 2.64. The van der Waals surface area contributed by atoms with Gasteiger partial charge in [0.1, 0.15) is 6.33 Å². The van der Waals surface area contributed by atoms with Gasteiger partial charge in [-0.25, -0.2) is 9.67 Å². The third-order valence-electron chi connectivity index (χ3n) is 7.03. The van der Waals surface area contributed by atoms with E-state index in [9.17, 15) is 9.59 Å². The molecule has 2 amide bonds. The van der Waals surface area contributed by atoms with Gasteiger partial charge in [-0.2, -0.15) is 5.10 Å². The first-order valence-corrected chi connectivity index (χ1v) is 10.9. The number of anilines is 1. The van der Waals surface area contributed by atoms with E-state index in [-0.39, 0.29) is 17.1 Å². The van der Waals surface area contributed by atoms with Gasteiger partial charge in [0.2, 0.25) is 10.6 Å². The van der Waals surface area contributed by atoms with Crippen molar-refractivity contribution >= 4 is 33.4 Å². The van der Waals surface area contributed by atoms with Gasteiger partial charge in [-0.15, -0.1) is 5.10 Å². The molecule has 2 aromatic rings. The lowest BCUT2D eigenvalue weighted by molar-refractivity contribution is -0.150. The monoisotopic (exact) mass is 461 g/mol. The number of aromatic nitrogens is 5. The number of primary amides is 1. The Kier molecular flexibility index (Phi) is 4.13. The van der Waals surface area contributed by atoms with Crippen LogP contribution in [0.1, 0.15) is 55.9 Å². The SMILES string of the molecule is CCn1cc(NC(=O)C23C[C@H]4C[C@H](C2)CC(n2cnc(Br)n2)(C4)C3)c(C(N)=O)n1. The van der Waals surface area contributed by atoms with E-state index < -0.39 is 11.3 Å². The Balaban J connectivity index is 1.47. The number of nitrogens with two attached hydrogens (primary N) is 1. The zero-order valence-electron chi connectivity index (χ0n) is 16.3. The van der Waals surface area contributed by atoms with Gasteiger partial charge >= 0.3 is 0 Å². The third-order valence-corrected chi connectivity index (χ3v) is 7.39. The number of carbonyl (C=O) groups excluding carboxylic acids is 2. The fourth-order valence-corrected chi connectivity index (χ4v) is 6.59. The van der Waals surface area contributed by atoms with Gasteiger partial charge in [0.05, 0.1) is 16.6 Å². The van der Waals surface area contributed by atoms with E-state index in [0.717, 1.165) is 32.1 Å². The molecule has 4 fully saturated rings. The van der Waals surface area contributed by atoms with Crippen molar-refractivity contribution in [3.05, 3.63) is 23.0 Å². The summed E-state index contributed by atoms with van der Waals surface area (Å²) < 4.78 is 4.16. The van der Waals surface area contributed by atoms with Crippen LogP contribution in [0.15, 0.2) is 17.3 Å². The lowest BCUT2D eigenvalue weighted by Gasteiger charge is -2.60. The third kappa shape index (κ3) is 2.91. The van der Waals surface area contributed by atoms with Gasteiger partial charge in [-0.05, 0) is 73.2 Å². The van der Waals surface area contributed by atoms with Gasteiger partial charge in [0.15, 0.2) is 5.69 Å². The predicted octanol–water partition coefficient (Wildman–Crippen LogP) is 2.29. The highest BCUT2D eigenvalue weighted by atomic mass is 79.9. The summed E-state index contributed by atoms with van der Waals surface area (Å²) in [6, 6.07) is 0. The van der Waals surface area contributed by atoms with E-state index in [0.29, 0.717) is 28.8 Å². The van der Waals surface area contributed by atoms with Crippen LogP contribution >= 0.6 is 15.9 Å². The second kappa shape index (κ2) is 6.38. The lowest BCUT2D eigenvalue weighted by atomic mass is 9.46. The van der Waals surface area contributed by atoms with E-state index in [2.05, 4.69) is 36.4 Å². The molecule has 3 N–H and O–H groups in total. The lowest BCUT2D eigenvalue weighted by Crippen LogP contribution is -2.60. The highest BCUT2D eigenvalue weighted by Gasteiger charge is 2.61. The van der Waals surface area contributed by atoms with Crippen LogP contribution in [0.25, 0.3) is 0 Å². The summed E-state index contributed by atoms with van der Waals surface area (Å²) in [6.07, 6.45) is 9.20. The van der Waals surface area contributed by atoms with Crippen LogP contribution in [0.5, 0.6) is 0 Å². The molecule has 0 spiro atoms. The number of hydrogen-bond donors (Lipinski definition) is 2. The van der Waals surface area contributed by atoms with Crippen LogP contribution in [-0.2, 0) is 16.9 Å². The Morgan fingerprint density at radius 2 is 2.00 bits per heavy atom. The van der Waals surface area contributed by atoms with Crippen LogP contribution in [0.2, 0.25) is 0 Å². The Morgan fingerprint density at radius 3 is 2.59 bits per heavy atom. The topological polar surface area (TPSA) is 121 Å². The van der Waals surface area contributed by atoms with Crippen LogP contribution in [0.4, 0.5) is 5.69 Å². The zero-order chi connectivity index (χ0) is 20.4. The van der Waals surface area contributed by atoms with Crippen LogP contribution < -0.4 is 11.1 Å². The van der Waals surface area contributed by atoms with Crippen LogP contribution in [0.3, 0.4) is 0 Å². The number of nitrogens with zero attached hydrogens (tertiary/aromatic N) is 5. The number of amides is 2. The average Bonchev–Trinajstić information content (AvgIpc) is 3.27. The van der Waals surface area contributed by atoms with Gasteiger partial charge < -0.3 is 11.1 Å². The van der Waals surface area contributed by atoms with E-state index in [4.69, 9.17) is 5.73 Å². The zero-order valence-corrected chi connectivity index (χ0v) is 17.9. The Labute approximate surface area is 176 Å². The molecule has 0 unspecified atom stereocenters. The fourth-order valence-electron chi connectivity index (χ4n) is 6.33. The largest absolute Gasteiger partial charge is 0.364 e. The first-order chi connectivity index (χ1) is 13.8. The second-order valence-corrected chi connectivity index (χ2v) is 9.70. The number of carbonyl (C=O) groups is 2. The normalized spacial score (nSPS) is 32.5. The first-order valence-electron chi connectivity index (χ1n) is 10.1. The molecule has 4 bridgehead atoms. The van der Waals surface area contributed by atoms with Crippen molar-refractivity contribution in [2.45, 2.75) is 57.5 Å². The summed E-state index contributed by atoms with van der Waals surface area (Å²) in [5, 5.41) is 11.7. The molecule has 0 saturated heterocycles. The van der Waals surface area contributed by atoms with Crippen molar-refractivity contribution in [1.82, 2.24) is 24.5 Å². The smallest absolute Gasteiger partial charge is 0.271 e. The summed E-state index contributed by atoms with van der Waals surface area (Å²) in [5.41, 5.74) is 5.35. The summed E-state index contributed by atoms with van der Waals surface area (Å²) in [6.45, 7) is 2.51. The molecule has 4 aliphatic rings. The molecule has 0 aliphatic heterocycles. The van der Waals surface area contributed by atoms with E-state index in [1.807, 2.05) is 11.6 Å². The van der Waals surface area contributed by atoms with E-state index in [1.54, 1.807) is 17.2 Å². The van der Waals surface area contributed by atoms with E-state index >= 15 is 0 Å². The minimum absolute atomic E-state index is 0.0340. The molecule has 0 radical (unpaired) electrons. The van der Waals surface area contributed by atoms with Crippen LogP contribution in [0, 0.1) is 17.3 Å². The Bertz CT molecular complexity index is 983. The van der Waals surface area contributed by atoms with Crippen molar-refractivity contribution in [2.24, 2.45) is 23.0 Å². The maximum atomic E-state index is 13.6. The number of rotatable bonds is 5. The quantitative estimate of drug-likeness (QED) is 0.707. The molecule has 154 valence electrons. The van der Waals surface area contributed by atoms with Crippen molar-refractivity contribution in [3.8, 4) is 0 Å². The standard InChI is InChI=1S/C19H24BrN7O2/c1-2-26-8-13(14(24-26)15(21)28)23-16(29)18-4-11-3-12(5-18)7-19(6-11,9-18)27-10-22-17(20)25-27/h8,10-12H,2-7,9H2,1H3,(H2,21,28)(H,23,29)/t11-,12-,18?,19?/m1/s1. The summed E-state index contributed by atoms with van der Waals surface area (Å²) in [5.74, 6) is 0.327. The minimum atomic E-state index is -0.637. The van der Waals surface area contributed by atoms with Gasteiger partial charge in [0, 0.05) is 12.7 Å². The van der Waals surface area contributed by atoms with Gasteiger partial charge in [0.25, 0.3) is 5.91 Å². The average molecular weight is 462 g/mol. The molecule has 9 nitrogen and oxygen atoms in total. The van der Waals surface area contributed by atoms with Crippen molar-refractivity contribution in [3.63, 3.8) is 0 Å². The van der Waals surface area contributed by atoms with E-state index in [1.165, 1.54) is 6.42 Å². The maximum Gasteiger partial charge on any atom is 0.271 e. The number of aryl methyl sites for hydroxylation is 1. The molecular formula is C19H24BrN7O2. The molecule has 2 aromatic heterocycles. The fraction of sp³-hybridized carbons (Fsp3) is 0.632. The molecule has 6 rings (SSSR count). The van der Waals surface area contributed by atoms with Crippen molar-refractivity contribution in [2.75, 3.05) is 5.32 Å². The molecule has 0 aromatic carbocycles. The number of nitrogens with one attached hydrogen (secondary N) is 1. The molecular weight excluding hydrogens is 438 g/mol. The highest BCUT2D eigenvalue weighted by molar-refractivity contribution is 9.10. The maximum absolute atomic E-state index is 13.6. The Morgan fingerprint density at radius 1 is 1.28 bits per heavy atom. The van der Waals surface area contributed by atoms with Crippen molar-refractivity contribution < 1.29 is 9.59 Å². The minimum Gasteiger partial charge on any atom is -0.364 e. The second-order valence-electron chi connectivity index (χ2n) is 8.99. The Hall–Kier alpha value is -2.23. The van der Waals surface area contributed by atoms with Gasteiger partial charge in [-0.1, -0.05) is 0 Å². The number of halogens is 1. The molecule has 4 saturated carbocycles.